The fourth-order valence-electron chi connectivity index (χ4n) is 3.74. The molecule has 0 aliphatic rings. The van der Waals surface area contributed by atoms with Gasteiger partial charge in [-0.15, -0.1) is 4.36 Å². The molecule has 4 aromatic rings. The summed E-state index contributed by atoms with van der Waals surface area (Å²) in [5, 5.41) is 6.02. The first kappa shape index (κ1) is 31.6. The lowest BCUT2D eigenvalue weighted by Crippen LogP contribution is -2.19. The van der Waals surface area contributed by atoms with Crippen molar-refractivity contribution in [3.63, 3.8) is 0 Å². The Morgan fingerprint density at radius 2 is 1.60 bits per heavy atom. The van der Waals surface area contributed by atoms with E-state index in [0.717, 1.165) is 5.56 Å². The van der Waals surface area contributed by atoms with Gasteiger partial charge in [-0.2, -0.15) is 0 Å². The Balaban J connectivity index is 1.51. The van der Waals surface area contributed by atoms with Gasteiger partial charge in [0.05, 0.1) is 38.4 Å². The van der Waals surface area contributed by atoms with Crippen LogP contribution in [-0.4, -0.2) is 46.6 Å². The van der Waals surface area contributed by atoms with Gasteiger partial charge in [0.1, 0.15) is 12.4 Å². The SMILES string of the molecule is COCCS(=O)(=NC(=O)OCc1ccccc1)c1ccc(C(=O)Nc2ccc(Cl)cc2C(=O)Nc2ccc(Cl)cn2)cc1. The molecule has 0 fully saturated rings. The molecular formula is C30H26Cl2N4O6S. The standard InChI is InChI=1S/C30H26Cl2N4O6S/c1-41-15-16-43(40,36-30(39)42-19-20-5-3-2-4-6-20)24-11-7-21(8-12-24)28(37)34-26-13-9-22(31)17-25(26)29(38)35-27-14-10-23(32)18-33-27/h2-14,17-18H,15-16,19H2,1H3,(H,34,37)(H,33,35,38). The van der Waals surface area contributed by atoms with Gasteiger partial charge in [0.25, 0.3) is 11.8 Å². The van der Waals surface area contributed by atoms with Gasteiger partial charge in [-0.05, 0) is 60.2 Å². The minimum Gasteiger partial charge on any atom is -0.443 e. The average Bonchev–Trinajstić information content (AvgIpc) is 3.01. The molecule has 13 heteroatoms. The van der Waals surface area contributed by atoms with E-state index in [9.17, 15) is 18.6 Å². The monoisotopic (exact) mass is 640 g/mol. The van der Waals surface area contributed by atoms with Gasteiger partial charge in [-0.25, -0.2) is 14.0 Å². The summed E-state index contributed by atoms with van der Waals surface area (Å²) in [6.07, 6.45) is 0.407. The van der Waals surface area contributed by atoms with Crippen LogP contribution in [0.2, 0.25) is 10.0 Å². The number of rotatable bonds is 10. The van der Waals surface area contributed by atoms with Crippen LogP contribution >= 0.6 is 23.2 Å². The van der Waals surface area contributed by atoms with Crippen LogP contribution in [0, 0.1) is 0 Å². The number of amides is 3. The van der Waals surface area contributed by atoms with E-state index in [1.807, 2.05) is 6.07 Å². The van der Waals surface area contributed by atoms with Crippen molar-refractivity contribution in [1.82, 2.24) is 4.98 Å². The van der Waals surface area contributed by atoms with Crippen LogP contribution in [0.4, 0.5) is 16.3 Å². The third-order valence-electron chi connectivity index (χ3n) is 5.92. The highest BCUT2D eigenvalue weighted by Gasteiger charge is 2.19. The number of aromatic nitrogens is 1. The van der Waals surface area contributed by atoms with Gasteiger partial charge in [-0.3, -0.25) is 9.59 Å². The smallest absolute Gasteiger partial charge is 0.442 e. The highest BCUT2D eigenvalue weighted by atomic mass is 35.5. The number of nitrogens with one attached hydrogen (secondary N) is 2. The zero-order valence-electron chi connectivity index (χ0n) is 22.8. The fraction of sp³-hybridized carbons (Fsp3) is 0.133. The third-order valence-corrected chi connectivity index (χ3v) is 8.55. The molecule has 0 bridgehead atoms. The van der Waals surface area contributed by atoms with Crippen LogP contribution < -0.4 is 10.6 Å². The summed E-state index contributed by atoms with van der Waals surface area (Å²) in [6, 6.07) is 22.3. The minimum absolute atomic E-state index is 0.0248. The molecule has 222 valence electrons. The molecule has 10 nitrogen and oxygen atoms in total. The first-order valence-corrected chi connectivity index (χ1v) is 15.2. The number of benzene rings is 3. The molecule has 3 amide bonds. The number of anilines is 2. The number of ether oxygens (including phenoxy) is 2. The summed E-state index contributed by atoms with van der Waals surface area (Å²) >= 11 is 12.0. The van der Waals surface area contributed by atoms with Crippen molar-refractivity contribution in [2.24, 2.45) is 4.36 Å². The highest BCUT2D eigenvalue weighted by Crippen LogP contribution is 2.24. The lowest BCUT2D eigenvalue weighted by molar-refractivity contribution is 0.102. The molecule has 0 saturated heterocycles. The minimum atomic E-state index is -3.28. The van der Waals surface area contributed by atoms with Crippen LogP contribution in [0.5, 0.6) is 0 Å². The molecule has 0 spiro atoms. The molecule has 1 unspecified atom stereocenters. The van der Waals surface area contributed by atoms with E-state index in [-0.39, 0.29) is 51.5 Å². The molecule has 0 aliphatic heterocycles. The molecule has 1 heterocycles. The maximum Gasteiger partial charge on any atom is 0.442 e. The summed E-state index contributed by atoms with van der Waals surface area (Å²) in [7, 11) is -1.84. The van der Waals surface area contributed by atoms with Crippen molar-refractivity contribution in [2.45, 2.75) is 11.5 Å². The summed E-state index contributed by atoms with van der Waals surface area (Å²) in [5.74, 6) is -0.910. The zero-order chi connectivity index (χ0) is 30.8. The Hall–Kier alpha value is -4.29. The van der Waals surface area contributed by atoms with Crippen LogP contribution in [0.25, 0.3) is 0 Å². The van der Waals surface area contributed by atoms with Crippen LogP contribution in [0.1, 0.15) is 26.3 Å². The number of carbonyl (C=O) groups is 3. The molecule has 2 N–H and O–H groups in total. The molecule has 1 atom stereocenters. The number of nitrogens with zero attached hydrogens (tertiary/aromatic N) is 2. The third kappa shape index (κ3) is 8.85. The van der Waals surface area contributed by atoms with Gasteiger partial charge in [0.2, 0.25) is 0 Å². The Bertz CT molecular complexity index is 1730. The van der Waals surface area contributed by atoms with E-state index in [4.69, 9.17) is 32.7 Å². The van der Waals surface area contributed by atoms with Gasteiger partial charge in [-0.1, -0.05) is 53.5 Å². The van der Waals surface area contributed by atoms with Gasteiger partial charge in [0.15, 0.2) is 0 Å². The summed E-state index contributed by atoms with van der Waals surface area (Å²) < 4.78 is 27.9. The number of hydrogen-bond donors (Lipinski definition) is 2. The molecule has 4 rings (SSSR count). The Morgan fingerprint density at radius 3 is 2.28 bits per heavy atom. The number of carbonyl (C=O) groups excluding carboxylic acids is 3. The van der Waals surface area contributed by atoms with Gasteiger partial charge < -0.3 is 20.1 Å². The van der Waals surface area contributed by atoms with Crippen molar-refractivity contribution in [3.05, 3.63) is 118 Å². The van der Waals surface area contributed by atoms with Crippen molar-refractivity contribution < 1.29 is 28.1 Å². The van der Waals surface area contributed by atoms with Crippen LogP contribution in [-0.2, 0) is 25.8 Å². The number of hydrogen-bond acceptors (Lipinski definition) is 7. The zero-order valence-corrected chi connectivity index (χ0v) is 25.1. The second kappa shape index (κ2) is 14.7. The number of pyridine rings is 1. The molecule has 43 heavy (non-hydrogen) atoms. The Kier molecular flexibility index (Phi) is 10.8. The van der Waals surface area contributed by atoms with E-state index in [0.29, 0.717) is 5.02 Å². The number of halogens is 2. The number of methoxy groups -OCH3 is 1. The largest absolute Gasteiger partial charge is 0.443 e. The molecule has 3 aromatic carbocycles. The van der Waals surface area contributed by atoms with E-state index >= 15 is 0 Å². The van der Waals surface area contributed by atoms with Crippen molar-refractivity contribution in [2.75, 3.05) is 30.1 Å². The second-order valence-corrected chi connectivity index (χ2v) is 12.2. The first-order valence-electron chi connectivity index (χ1n) is 12.8. The lowest BCUT2D eigenvalue weighted by Gasteiger charge is -2.13. The molecule has 0 radical (unpaired) electrons. The lowest BCUT2D eigenvalue weighted by atomic mass is 10.1. The quantitative estimate of drug-likeness (QED) is 0.197. The van der Waals surface area contributed by atoms with Crippen LogP contribution in [0.15, 0.2) is 100 Å². The molecule has 0 saturated carbocycles. The van der Waals surface area contributed by atoms with Gasteiger partial charge in [0, 0.05) is 28.8 Å². The van der Waals surface area contributed by atoms with E-state index in [1.165, 1.54) is 61.8 Å². The maximum absolute atomic E-state index is 13.7. The maximum atomic E-state index is 13.7. The Labute approximate surface area is 258 Å². The van der Waals surface area contributed by atoms with Crippen molar-refractivity contribution in [1.29, 1.82) is 0 Å². The Morgan fingerprint density at radius 1 is 0.884 bits per heavy atom. The summed E-state index contributed by atoms with van der Waals surface area (Å²) in [6.45, 7) is 0.0481. The van der Waals surface area contributed by atoms with Gasteiger partial charge >= 0.3 is 6.09 Å². The molecule has 0 aliphatic carbocycles. The topological polar surface area (TPSA) is 136 Å². The van der Waals surface area contributed by atoms with Crippen molar-refractivity contribution in [3.8, 4) is 0 Å². The van der Waals surface area contributed by atoms with Crippen LogP contribution in [0.3, 0.4) is 0 Å². The average molecular weight is 642 g/mol. The fourth-order valence-corrected chi connectivity index (χ4v) is 5.70. The normalized spacial score (nSPS) is 12.1. The summed E-state index contributed by atoms with van der Waals surface area (Å²) in [5.41, 5.74) is 1.26. The first-order chi connectivity index (χ1) is 20.7. The summed E-state index contributed by atoms with van der Waals surface area (Å²) in [4.78, 5) is 42.8. The molecule has 1 aromatic heterocycles. The van der Waals surface area contributed by atoms with E-state index < -0.39 is 27.6 Å². The van der Waals surface area contributed by atoms with Crippen molar-refractivity contribution >= 4 is 62.3 Å². The second-order valence-electron chi connectivity index (χ2n) is 8.95. The molecular weight excluding hydrogens is 615 g/mol. The highest BCUT2D eigenvalue weighted by molar-refractivity contribution is 7.94. The van der Waals surface area contributed by atoms with E-state index in [1.54, 1.807) is 30.3 Å². The predicted octanol–water partition coefficient (Wildman–Crippen LogP) is 6.70. The van der Waals surface area contributed by atoms with E-state index in [2.05, 4.69) is 20.0 Å². The predicted molar refractivity (Wildman–Crippen MR) is 165 cm³/mol.